The Morgan fingerprint density at radius 3 is 2.78 bits per heavy atom. The molecule has 1 fully saturated rings. The fourth-order valence-corrected chi connectivity index (χ4v) is 3.40. The lowest BCUT2D eigenvalue weighted by Crippen LogP contribution is -2.45. The van der Waals surface area contributed by atoms with Gasteiger partial charge in [0, 0.05) is 32.4 Å². The highest BCUT2D eigenvalue weighted by atomic mass is 19.1. The van der Waals surface area contributed by atoms with Crippen molar-refractivity contribution in [3.05, 3.63) is 34.4 Å². The van der Waals surface area contributed by atoms with Crippen molar-refractivity contribution < 1.29 is 9.13 Å². The molecule has 3 heterocycles. The second-order valence-electron chi connectivity index (χ2n) is 6.39. The van der Waals surface area contributed by atoms with E-state index < -0.39 is 5.82 Å². The topological polar surface area (TPSA) is 37.7 Å². The van der Waals surface area contributed by atoms with Crippen LogP contribution in [0, 0.1) is 11.9 Å². The molecule has 4 rings (SSSR count). The summed E-state index contributed by atoms with van der Waals surface area (Å²) < 4.78 is 22.6. The number of hydrogen-bond donors (Lipinski definition) is 0. The van der Waals surface area contributed by atoms with Gasteiger partial charge in [-0.2, -0.15) is 0 Å². The van der Waals surface area contributed by atoms with Crippen LogP contribution in [-0.2, 0) is 0 Å². The molecule has 1 saturated heterocycles. The molecule has 1 aromatic heterocycles. The SMILES string of the molecule is CC1COc2c(N3CCN(C)CC3)c(F)cc3c(=O)[c]cn1c23. The van der Waals surface area contributed by atoms with E-state index in [9.17, 15) is 9.18 Å². The van der Waals surface area contributed by atoms with Gasteiger partial charge in [-0.15, -0.1) is 0 Å². The number of rotatable bonds is 1. The Morgan fingerprint density at radius 2 is 2.04 bits per heavy atom. The van der Waals surface area contributed by atoms with E-state index in [0.29, 0.717) is 28.9 Å². The van der Waals surface area contributed by atoms with E-state index in [0.717, 1.165) is 26.2 Å². The summed E-state index contributed by atoms with van der Waals surface area (Å²) in [6.07, 6.45) is 1.66. The van der Waals surface area contributed by atoms with Crippen molar-refractivity contribution in [3.63, 3.8) is 0 Å². The number of piperazine rings is 1. The Kier molecular flexibility index (Phi) is 3.30. The molecule has 1 atom stereocenters. The van der Waals surface area contributed by atoms with Gasteiger partial charge in [0.25, 0.3) is 0 Å². The van der Waals surface area contributed by atoms with Crippen LogP contribution in [0.3, 0.4) is 0 Å². The van der Waals surface area contributed by atoms with Crippen molar-refractivity contribution in [3.8, 4) is 5.75 Å². The number of anilines is 1. The summed E-state index contributed by atoms with van der Waals surface area (Å²) in [6.45, 7) is 5.72. The third-order valence-corrected chi connectivity index (χ3v) is 4.78. The second kappa shape index (κ2) is 5.23. The first-order valence-corrected chi connectivity index (χ1v) is 7.91. The van der Waals surface area contributed by atoms with Crippen LogP contribution in [0.4, 0.5) is 10.1 Å². The predicted octanol–water partition coefficient (Wildman–Crippen LogP) is 1.65. The highest BCUT2D eigenvalue weighted by molar-refractivity contribution is 5.91. The fraction of sp³-hybridized carbons (Fsp3) is 0.471. The summed E-state index contributed by atoms with van der Waals surface area (Å²) in [5.74, 6) is 0.101. The lowest BCUT2D eigenvalue weighted by molar-refractivity contribution is 0.245. The van der Waals surface area contributed by atoms with Gasteiger partial charge >= 0.3 is 0 Å². The first-order valence-electron chi connectivity index (χ1n) is 7.91. The highest BCUT2D eigenvalue weighted by Gasteiger charge is 2.29. The highest BCUT2D eigenvalue weighted by Crippen LogP contribution is 2.41. The second-order valence-corrected chi connectivity index (χ2v) is 6.39. The molecule has 0 N–H and O–H groups in total. The Balaban J connectivity index is 1.96. The van der Waals surface area contributed by atoms with Gasteiger partial charge in [0.15, 0.2) is 17.0 Å². The standard InChI is InChI=1S/C17H19FN3O2/c1-11-10-23-17-15-12(14(22)3-4-21(11)15)9-13(18)16(17)20-7-5-19(2)6-8-20/h4,9,11H,5-8,10H2,1-2H3. The van der Waals surface area contributed by atoms with Gasteiger partial charge in [0.05, 0.1) is 23.0 Å². The maximum absolute atomic E-state index is 14.8. The van der Waals surface area contributed by atoms with Crippen LogP contribution in [0.2, 0.25) is 0 Å². The van der Waals surface area contributed by atoms with E-state index >= 15 is 0 Å². The summed E-state index contributed by atoms with van der Waals surface area (Å²) >= 11 is 0. The average Bonchev–Trinajstić information content (AvgIpc) is 2.54. The number of nitrogens with zero attached hydrogens (tertiary/aromatic N) is 3. The molecule has 5 nitrogen and oxygen atoms in total. The summed E-state index contributed by atoms with van der Waals surface area (Å²) in [6, 6.07) is 4.11. The summed E-state index contributed by atoms with van der Waals surface area (Å²) in [5, 5.41) is 0.337. The molecule has 0 bridgehead atoms. The lowest BCUT2D eigenvalue weighted by Gasteiger charge is -2.36. The fourth-order valence-electron chi connectivity index (χ4n) is 3.40. The van der Waals surface area contributed by atoms with E-state index in [1.165, 1.54) is 6.07 Å². The molecule has 1 radical (unpaired) electrons. The van der Waals surface area contributed by atoms with Gasteiger partial charge in [-0.25, -0.2) is 4.39 Å². The summed E-state index contributed by atoms with van der Waals surface area (Å²) in [5.41, 5.74) is 0.874. The van der Waals surface area contributed by atoms with Crippen LogP contribution < -0.4 is 15.1 Å². The monoisotopic (exact) mass is 316 g/mol. The molecular weight excluding hydrogens is 297 g/mol. The molecular formula is C17H19FN3O2. The Bertz CT molecular complexity index is 825. The number of ether oxygens (including phenoxy) is 1. The van der Waals surface area contributed by atoms with Crippen LogP contribution in [0.5, 0.6) is 5.75 Å². The van der Waals surface area contributed by atoms with E-state index in [1.54, 1.807) is 6.20 Å². The zero-order valence-electron chi connectivity index (χ0n) is 13.3. The molecule has 121 valence electrons. The molecule has 1 aromatic carbocycles. The zero-order chi connectivity index (χ0) is 16.1. The Labute approximate surface area is 133 Å². The normalized spacial score (nSPS) is 21.5. The van der Waals surface area contributed by atoms with Crippen LogP contribution in [0.25, 0.3) is 10.9 Å². The molecule has 2 aliphatic rings. The van der Waals surface area contributed by atoms with Crippen LogP contribution >= 0.6 is 0 Å². The number of benzene rings is 1. The van der Waals surface area contributed by atoms with Gasteiger partial charge < -0.3 is 19.1 Å². The summed E-state index contributed by atoms with van der Waals surface area (Å²) in [7, 11) is 2.06. The average molecular weight is 316 g/mol. The van der Waals surface area contributed by atoms with Crippen LogP contribution in [0.15, 0.2) is 17.1 Å². The Morgan fingerprint density at radius 1 is 1.30 bits per heavy atom. The van der Waals surface area contributed by atoms with Gasteiger partial charge in [0.1, 0.15) is 12.3 Å². The summed E-state index contributed by atoms with van der Waals surface area (Å²) in [4.78, 5) is 16.3. The molecule has 2 aromatic rings. The number of likely N-dealkylation sites (N-methyl/N-ethyl adjacent to an activating group) is 1. The minimum absolute atomic E-state index is 0.0904. The smallest absolute Gasteiger partial charge is 0.197 e. The van der Waals surface area contributed by atoms with Gasteiger partial charge in [0.2, 0.25) is 0 Å². The predicted molar refractivity (Wildman–Crippen MR) is 86.9 cm³/mol. The molecule has 2 aliphatic heterocycles. The third-order valence-electron chi connectivity index (χ3n) is 4.78. The molecule has 0 aliphatic carbocycles. The van der Waals surface area contributed by atoms with Crippen molar-refractivity contribution in [2.75, 3.05) is 44.7 Å². The van der Waals surface area contributed by atoms with Gasteiger partial charge in [-0.3, -0.25) is 4.79 Å². The molecule has 1 unspecified atom stereocenters. The quantitative estimate of drug-likeness (QED) is 0.802. The van der Waals surface area contributed by atoms with E-state index in [4.69, 9.17) is 4.74 Å². The van der Waals surface area contributed by atoms with Gasteiger partial charge in [-0.05, 0) is 20.0 Å². The first-order chi connectivity index (χ1) is 11.1. The van der Waals surface area contributed by atoms with Crippen molar-refractivity contribution in [1.82, 2.24) is 9.47 Å². The lowest BCUT2D eigenvalue weighted by atomic mass is 10.1. The Hall–Kier alpha value is -2.08. The number of hydrogen-bond acceptors (Lipinski definition) is 4. The number of halogens is 1. The molecule has 23 heavy (non-hydrogen) atoms. The number of aromatic nitrogens is 1. The maximum atomic E-state index is 14.8. The number of pyridine rings is 1. The van der Waals surface area contributed by atoms with Crippen molar-refractivity contribution in [1.29, 1.82) is 0 Å². The van der Waals surface area contributed by atoms with E-state index in [-0.39, 0.29) is 11.5 Å². The molecule has 0 saturated carbocycles. The van der Waals surface area contributed by atoms with Crippen LogP contribution in [-0.4, -0.2) is 49.3 Å². The minimum atomic E-state index is -0.394. The van der Waals surface area contributed by atoms with Crippen molar-refractivity contribution in [2.45, 2.75) is 13.0 Å². The maximum Gasteiger partial charge on any atom is 0.197 e. The zero-order valence-corrected chi connectivity index (χ0v) is 13.3. The van der Waals surface area contributed by atoms with E-state index in [2.05, 4.69) is 18.0 Å². The van der Waals surface area contributed by atoms with Crippen molar-refractivity contribution in [2.24, 2.45) is 0 Å². The van der Waals surface area contributed by atoms with Crippen molar-refractivity contribution >= 4 is 16.6 Å². The van der Waals surface area contributed by atoms with Gasteiger partial charge in [-0.1, -0.05) is 0 Å². The van der Waals surface area contributed by atoms with Crippen LogP contribution in [0.1, 0.15) is 13.0 Å². The first kappa shape index (κ1) is 14.5. The third kappa shape index (κ3) is 2.20. The minimum Gasteiger partial charge on any atom is -0.487 e. The largest absolute Gasteiger partial charge is 0.487 e. The molecule has 0 spiro atoms. The van der Waals surface area contributed by atoms with E-state index in [1.807, 2.05) is 16.4 Å². The molecule has 0 amide bonds. The molecule has 6 heteroatoms.